The van der Waals surface area contributed by atoms with Crippen LogP contribution < -0.4 is 41.0 Å². The highest BCUT2D eigenvalue weighted by Gasteiger charge is 2.22. The summed E-state index contributed by atoms with van der Waals surface area (Å²) in [5, 5.41) is 6.37. The predicted molar refractivity (Wildman–Crippen MR) is 168 cm³/mol. The van der Waals surface area contributed by atoms with E-state index in [1.807, 2.05) is 60.7 Å². The van der Waals surface area contributed by atoms with Crippen molar-refractivity contribution in [3.63, 3.8) is 0 Å². The summed E-state index contributed by atoms with van der Waals surface area (Å²) < 4.78 is 22.7. The average molecular weight is 571 g/mol. The van der Waals surface area contributed by atoms with Crippen molar-refractivity contribution in [2.24, 2.45) is 11.5 Å². The van der Waals surface area contributed by atoms with Crippen molar-refractivity contribution >= 4 is 17.2 Å². The van der Waals surface area contributed by atoms with E-state index in [2.05, 4.69) is 10.6 Å². The molecule has 0 spiro atoms. The lowest BCUT2D eigenvalue weighted by Crippen LogP contribution is -2.09. The van der Waals surface area contributed by atoms with Crippen LogP contribution in [0.1, 0.15) is 27.0 Å². The molecule has 4 aromatic carbocycles. The van der Waals surface area contributed by atoms with E-state index in [0.29, 0.717) is 58.6 Å². The number of nitrogens with one attached hydrogen (secondary N) is 2. The van der Waals surface area contributed by atoms with Crippen molar-refractivity contribution in [2.75, 3.05) is 53.2 Å². The molecule has 4 rings (SSSR count). The fraction of sp³-hybridized carbons (Fsp3) is 0.242. The average Bonchev–Trinajstić information content (AvgIpc) is 3.05. The highest BCUT2D eigenvalue weighted by Crippen LogP contribution is 2.43. The Morgan fingerprint density at radius 2 is 0.929 bits per heavy atom. The molecule has 0 aliphatic heterocycles. The number of carbonyl (C=O) groups is 1. The van der Waals surface area contributed by atoms with E-state index >= 15 is 0 Å². The maximum absolute atomic E-state index is 14.0. The first-order valence-electron chi connectivity index (χ1n) is 13.5. The Morgan fingerprint density at radius 1 is 0.595 bits per heavy atom. The minimum Gasteiger partial charge on any atom is -0.496 e. The van der Waals surface area contributed by atoms with Crippen molar-refractivity contribution in [1.82, 2.24) is 0 Å². The fourth-order valence-electron chi connectivity index (χ4n) is 5.09. The first-order valence-corrected chi connectivity index (χ1v) is 13.5. The van der Waals surface area contributed by atoms with Crippen LogP contribution in [0, 0.1) is 0 Å². The number of hydrogen-bond donors (Lipinski definition) is 4. The van der Waals surface area contributed by atoms with Crippen molar-refractivity contribution in [3.05, 3.63) is 82.9 Å². The summed E-state index contributed by atoms with van der Waals surface area (Å²) in [5.74, 6) is 2.39. The van der Waals surface area contributed by atoms with Crippen molar-refractivity contribution in [3.8, 4) is 45.3 Å². The summed E-state index contributed by atoms with van der Waals surface area (Å²) in [6, 6.07) is 18.8. The quantitative estimate of drug-likeness (QED) is 0.168. The Balaban J connectivity index is 1.79. The number of benzene rings is 4. The summed E-state index contributed by atoms with van der Waals surface area (Å²) in [7, 11) is 10.00. The van der Waals surface area contributed by atoms with Crippen LogP contribution in [0.3, 0.4) is 0 Å². The summed E-state index contributed by atoms with van der Waals surface area (Å²) >= 11 is 0. The third kappa shape index (κ3) is 5.70. The van der Waals surface area contributed by atoms with Crippen LogP contribution in [0.2, 0.25) is 0 Å². The van der Waals surface area contributed by atoms with Gasteiger partial charge in [0, 0.05) is 49.7 Å². The Kier molecular flexibility index (Phi) is 9.57. The molecule has 42 heavy (non-hydrogen) atoms. The number of ether oxygens (including phenoxy) is 4. The number of nitrogens with two attached hydrogens (primary N) is 2. The Bertz CT molecular complexity index is 1430. The van der Waals surface area contributed by atoms with Gasteiger partial charge in [0.2, 0.25) is 0 Å². The third-order valence-corrected chi connectivity index (χ3v) is 7.25. The van der Waals surface area contributed by atoms with Gasteiger partial charge < -0.3 is 41.0 Å². The molecule has 0 atom stereocenters. The molecule has 0 aliphatic carbocycles. The Labute approximate surface area is 246 Å². The second kappa shape index (κ2) is 13.3. The molecule has 9 nitrogen and oxygen atoms in total. The zero-order chi connectivity index (χ0) is 30.4. The molecule has 0 saturated heterocycles. The summed E-state index contributed by atoms with van der Waals surface area (Å²) in [5.41, 5.74) is 19.1. The molecule has 220 valence electrons. The summed E-state index contributed by atoms with van der Waals surface area (Å²) in [6.07, 6.45) is 0. The van der Waals surface area contributed by atoms with E-state index in [1.165, 1.54) is 0 Å². The summed E-state index contributed by atoms with van der Waals surface area (Å²) in [6.45, 7) is 0.709. The second-order valence-corrected chi connectivity index (χ2v) is 9.51. The highest BCUT2D eigenvalue weighted by molar-refractivity contribution is 6.16. The number of methoxy groups -OCH3 is 4. The minimum absolute atomic E-state index is 0.142. The van der Waals surface area contributed by atoms with Gasteiger partial charge in [-0.15, -0.1) is 0 Å². The topological polar surface area (TPSA) is 130 Å². The van der Waals surface area contributed by atoms with Gasteiger partial charge in [-0.3, -0.25) is 4.79 Å². The van der Waals surface area contributed by atoms with Gasteiger partial charge in [0.25, 0.3) is 0 Å². The number of ketones is 1. The summed E-state index contributed by atoms with van der Waals surface area (Å²) in [4.78, 5) is 14.0. The van der Waals surface area contributed by atoms with Crippen LogP contribution in [-0.4, -0.2) is 48.3 Å². The van der Waals surface area contributed by atoms with E-state index in [0.717, 1.165) is 33.4 Å². The van der Waals surface area contributed by atoms with Crippen molar-refractivity contribution in [1.29, 1.82) is 0 Å². The van der Waals surface area contributed by atoms with E-state index in [-0.39, 0.29) is 5.78 Å². The second-order valence-electron chi connectivity index (χ2n) is 9.51. The SMILES string of the molecule is CNc1cc(-c2c(OC)cc(CN)cc2OC)ccc1C(=O)c1ccc(-c2c(OC)cc(CN)cc2OC)cc1NC. The molecular formula is C33H38N4O5. The fourth-order valence-corrected chi connectivity index (χ4v) is 5.09. The van der Waals surface area contributed by atoms with Crippen LogP contribution in [0.15, 0.2) is 60.7 Å². The van der Waals surface area contributed by atoms with E-state index < -0.39 is 0 Å². The highest BCUT2D eigenvalue weighted by atomic mass is 16.5. The Morgan fingerprint density at radius 3 is 1.19 bits per heavy atom. The van der Waals surface area contributed by atoms with Crippen LogP contribution in [-0.2, 0) is 13.1 Å². The predicted octanol–water partition coefficient (Wildman–Crippen LogP) is 5.29. The van der Waals surface area contributed by atoms with E-state index in [9.17, 15) is 4.79 Å². The molecule has 0 fully saturated rings. The smallest absolute Gasteiger partial charge is 0.197 e. The molecule has 0 heterocycles. The van der Waals surface area contributed by atoms with Gasteiger partial charge >= 0.3 is 0 Å². The molecule has 0 aliphatic rings. The molecule has 9 heteroatoms. The van der Waals surface area contributed by atoms with Gasteiger partial charge in [-0.25, -0.2) is 0 Å². The first kappa shape index (κ1) is 30.2. The first-order chi connectivity index (χ1) is 20.4. The lowest BCUT2D eigenvalue weighted by atomic mass is 9.93. The van der Waals surface area contributed by atoms with Crippen LogP contribution in [0.5, 0.6) is 23.0 Å². The van der Waals surface area contributed by atoms with Gasteiger partial charge in [-0.2, -0.15) is 0 Å². The van der Waals surface area contributed by atoms with Gasteiger partial charge in [0.1, 0.15) is 23.0 Å². The molecule has 0 radical (unpaired) electrons. The molecule has 0 bridgehead atoms. The third-order valence-electron chi connectivity index (χ3n) is 7.25. The standard InChI is InChI=1S/C33H38N4O5/c1-36-25-15-21(31-27(39-3)11-19(17-34)12-28(31)40-4)7-9-23(25)33(38)24-10-8-22(16-26(24)37-2)32-29(41-5)13-20(18-35)14-30(32)42-6/h7-16,36-37H,17-18,34-35H2,1-6H3. The van der Waals surface area contributed by atoms with E-state index in [4.69, 9.17) is 30.4 Å². The number of anilines is 2. The molecule has 0 aromatic heterocycles. The number of hydrogen-bond acceptors (Lipinski definition) is 9. The largest absolute Gasteiger partial charge is 0.496 e. The van der Waals surface area contributed by atoms with Gasteiger partial charge in [-0.05, 0) is 70.8 Å². The van der Waals surface area contributed by atoms with Crippen LogP contribution in [0.25, 0.3) is 22.3 Å². The van der Waals surface area contributed by atoms with Crippen LogP contribution >= 0.6 is 0 Å². The van der Waals surface area contributed by atoms with Gasteiger partial charge in [-0.1, -0.05) is 12.1 Å². The zero-order valence-electron chi connectivity index (χ0n) is 24.9. The number of rotatable bonds is 12. The molecule has 6 N–H and O–H groups in total. The molecule has 0 unspecified atom stereocenters. The molecular weight excluding hydrogens is 532 g/mol. The van der Waals surface area contributed by atoms with Crippen molar-refractivity contribution in [2.45, 2.75) is 13.1 Å². The van der Waals surface area contributed by atoms with Crippen LogP contribution in [0.4, 0.5) is 11.4 Å². The monoisotopic (exact) mass is 570 g/mol. The zero-order valence-corrected chi connectivity index (χ0v) is 24.9. The van der Waals surface area contributed by atoms with Gasteiger partial charge in [0.05, 0.1) is 39.6 Å². The minimum atomic E-state index is -0.142. The van der Waals surface area contributed by atoms with E-state index in [1.54, 1.807) is 42.5 Å². The van der Waals surface area contributed by atoms with Gasteiger partial charge in [0.15, 0.2) is 5.78 Å². The van der Waals surface area contributed by atoms with Crippen molar-refractivity contribution < 1.29 is 23.7 Å². The normalized spacial score (nSPS) is 10.7. The molecule has 0 amide bonds. The molecule has 4 aromatic rings. The maximum Gasteiger partial charge on any atom is 0.197 e. The molecule has 0 saturated carbocycles. The Hall–Kier alpha value is -4.73. The lowest BCUT2D eigenvalue weighted by Gasteiger charge is -2.19. The number of carbonyl (C=O) groups excluding carboxylic acids is 1. The maximum atomic E-state index is 14.0. The lowest BCUT2D eigenvalue weighted by molar-refractivity contribution is 0.104.